The number of carboxylic acids is 1. The number of aromatic nitrogens is 2. The second-order valence-corrected chi connectivity index (χ2v) is 4.48. The van der Waals surface area contributed by atoms with Gasteiger partial charge in [-0.1, -0.05) is 0 Å². The smallest absolute Gasteiger partial charge is 0.315 e. The first-order valence-corrected chi connectivity index (χ1v) is 5.87. The summed E-state index contributed by atoms with van der Waals surface area (Å²) in [6.45, 7) is 2.67. The summed E-state index contributed by atoms with van der Waals surface area (Å²) in [5.41, 5.74) is -0.381. The summed E-state index contributed by atoms with van der Waals surface area (Å²) in [5, 5.41) is 13.7. The van der Waals surface area contributed by atoms with Crippen molar-refractivity contribution in [1.82, 2.24) is 9.78 Å². The number of ketones is 1. The predicted octanol–water partition coefficient (Wildman–Crippen LogP) is 1.37. The summed E-state index contributed by atoms with van der Waals surface area (Å²) in [6.07, 6.45) is 3.19. The van der Waals surface area contributed by atoms with Gasteiger partial charge >= 0.3 is 5.97 Å². The molecule has 1 aliphatic carbocycles. The van der Waals surface area contributed by atoms with E-state index in [1.807, 2.05) is 6.92 Å². The Kier molecular flexibility index (Phi) is 3.00. The largest absolute Gasteiger partial charge is 0.481 e. The number of carbonyl (C=O) groups is 2. The van der Waals surface area contributed by atoms with E-state index in [1.165, 1.54) is 0 Å². The molecule has 0 amide bonds. The molecule has 0 aliphatic heterocycles. The summed E-state index contributed by atoms with van der Waals surface area (Å²) in [6, 6.07) is 1.76. The van der Waals surface area contributed by atoms with Gasteiger partial charge in [-0.15, -0.1) is 0 Å². The van der Waals surface area contributed by atoms with Crippen LogP contribution in [-0.2, 0) is 21.5 Å². The monoisotopic (exact) mass is 236 g/mol. The summed E-state index contributed by atoms with van der Waals surface area (Å²) >= 11 is 0. The van der Waals surface area contributed by atoms with Crippen LogP contribution in [0.3, 0.4) is 0 Å². The first-order valence-electron chi connectivity index (χ1n) is 5.87. The van der Waals surface area contributed by atoms with Gasteiger partial charge in [0.1, 0.15) is 11.2 Å². The van der Waals surface area contributed by atoms with Crippen molar-refractivity contribution in [2.24, 2.45) is 0 Å². The lowest BCUT2D eigenvalue weighted by atomic mass is 9.71. The average Bonchev–Trinajstić information content (AvgIpc) is 2.79. The molecule has 0 saturated heterocycles. The molecule has 0 unspecified atom stereocenters. The molecule has 0 atom stereocenters. The molecule has 0 aromatic carbocycles. The molecular formula is C12H16N2O3. The van der Waals surface area contributed by atoms with E-state index in [9.17, 15) is 14.7 Å². The van der Waals surface area contributed by atoms with E-state index < -0.39 is 11.4 Å². The Bertz CT molecular complexity index is 440. The molecule has 1 heterocycles. The van der Waals surface area contributed by atoms with Crippen molar-refractivity contribution in [2.75, 3.05) is 0 Å². The maximum atomic E-state index is 11.5. The summed E-state index contributed by atoms with van der Waals surface area (Å²) in [4.78, 5) is 22.8. The minimum absolute atomic E-state index is 0.150. The van der Waals surface area contributed by atoms with Crippen molar-refractivity contribution in [3.63, 3.8) is 0 Å². The third-order valence-electron chi connectivity index (χ3n) is 3.53. The van der Waals surface area contributed by atoms with Crippen LogP contribution in [0.15, 0.2) is 12.3 Å². The predicted molar refractivity (Wildman–Crippen MR) is 60.7 cm³/mol. The van der Waals surface area contributed by atoms with Crippen LogP contribution in [0.5, 0.6) is 0 Å². The SMILES string of the molecule is CCn1ccc(C2(C(=O)O)CCC(=O)CC2)n1. The van der Waals surface area contributed by atoms with Crippen LogP contribution in [-0.4, -0.2) is 26.6 Å². The normalized spacial score (nSPS) is 19.2. The zero-order chi connectivity index (χ0) is 12.5. The van der Waals surface area contributed by atoms with E-state index in [1.54, 1.807) is 16.9 Å². The summed E-state index contributed by atoms with van der Waals surface area (Å²) in [7, 11) is 0. The number of carboxylic acid groups (broad SMARTS) is 1. The molecule has 0 bridgehead atoms. The van der Waals surface area contributed by atoms with Gasteiger partial charge in [-0.3, -0.25) is 14.3 Å². The molecule has 0 radical (unpaired) electrons. The van der Waals surface area contributed by atoms with E-state index in [2.05, 4.69) is 5.10 Å². The highest BCUT2D eigenvalue weighted by Gasteiger charge is 2.45. The maximum absolute atomic E-state index is 11.5. The molecule has 92 valence electrons. The van der Waals surface area contributed by atoms with Crippen molar-refractivity contribution in [1.29, 1.82) is 0 Å². The molecule has 2 rings (SSSR count). The average molecular weight is 236 g/mol. The van der Waals surface area contributed by atoms with E-state index in [4.69, 9.17) is 0 Å². The number of rotatable bonds is 3. The van der Waals surface area contributed by atoms with Crippen LogP contribution in [0.1, 0.15) is 38.3 Å². The number of aryl methyl sites for hydroxylation is 1. The van der Waals surface area contributed by atoms with Crippen molar-refractivity contribution in [3.05, 3.63) is 18.0 Å². The lowest BCUT2D eigenvalue weighted by Gasteiger charge is -2.30. The van der Waals surface area contributed by atoms with Crippen molar-refractivity contribution < 1.29 is 14.7 Å². The van der Waals surface area contributed by atoms with Crippen LogP contribution in [0, 0.1) is 0 Å². The van der Waals surface area contributed by atoms with Crippen molar-refractivity contribution in [2.45, 2.75) is 44.6 Å². The van der Waals surface area contributed by atoms with Crippen LogP contribution in [0.2, 0.25) is 0 Å². The van der Waals surface area contributed by atoms with Crippen LogP contribution in [0.4, 0.5) is 0 Å². The molecule has 1 aromatic rings. The van der Waals surface area contributed by atoms with Gasteiger partial charge in [0.05, 0.1) is 5.69 Å². The van der Waals surface area contributed by atoms with E-state index >= 15 is 0 Å². The fourth-order valence-corrected chi connectivity index (χ4v) is 2.33. The van der Waals surface area contributed by atoms with Gasteiger partial charge in [-0.05, 0) is 25.8 Å². The Morgan fingerprint density at radius 3 is 2.65 bits per heavy atom. The fourth-order valence-electron chi connectivity index (χ4n) is 2.33. The molecule has 1 aromatic heterocycles. The van der Waals surface area contributed by atoms with E-state index in [-0.39, 0.29) is 5.78 Å². The van der Waals surface area contributed by atoms with Gasteiger partial charge in [0.2, 0.25) is 0 Å². The molecule has 1 saturated carbocycles. The quantitative estimate of drug-likeness (QED) is 0.860. The lowest BCUT2D eigenvalue weighted by molar-refractivity contribution is -0.146. The third kappa shape index (κ3) is 1.97. The number of nitrogens with zero attached hydrogens (tertiary/aromatic N) is 2. The van der Waals surface area contributed by atoms with Crippen molar-refractivity contribution in [3.8, 4) is 0 Å². The number of carbonyl (C=O) groups excluding carboxylic acids is 1. The van der Waals surface area contributed by atoms with Gasteiger partial charge in [0.15, 0.2) is 0 Å². The molecule has 17 heavy (non-hydrogen) atoms. The summed E-state index contributed by atoms with van der Waals surface area (Å²) in [5.74, 6) is -0.719. The Morgan fingerprint density at radius 1 is 1.53 bits per heavy atom. The number of hydrogen-bond acceptors (Lipinski definition) is 3. The van der Waals surface area contributed by atoms with E-state index in [0.717, 1.165) is 0 Å². The molecule has 1 aliphatic rings. The molecule has 5 nitrogen and oxygen atoms in total. The van der Waals surface area contributed by atoms with Gasteiger partial charge < -0.3 is 5.11 Å². The second kappa shape index (κ2) is 4.31. The highest BCUT2D eigenvalue weighted by molar-refractivity contribution is 5.87. The molecule has 0 spiro atoms. The highest BCUT2D eigenvalue weighted by atomic mass is 16.4. The van der Waals surface area contributed by atoms with E-state index in [0.29, 0.717) is 37.9 Å². The number of Topliss-reactive ketones (excluding diaryl/α,β-unsaturated/α-hetero) is 1. The maximum Gasteiger partial charge on any atom is 0.315 e. The Morgan fingerprint density at radius 2 is 2.18 bits per heavy atom. The third-order valence-corrected chi connectivity index (χ3v) is 3.53. The molecular weight excluding hydrogens is 220 g/mol. The number of aliphatic carboxylic acids is 1. The second-order valence-electron chi connectivity index (χ2n) is 4.48. The fraction of sp³-hybridized carbons (Fsp3) is 0.583. The van der Waals surface area contributed by atoms with Gasteiger partial charge in [0, 0.05) is 25.6 Å². The minimum atomic E-state index is -0.964. The first kappa shape index (κ1) is 11.8. The molecule has 1 N–H and O–H groups in total. The Balaban J connectivity index is 2.34. The highest BCUT2D eigenvalue weighted by Crippen LogP contribution is 2.37. The van der Waals surface area contributed by atoms with Crippen LogP contribution in [0.25, 0.3) is 0 Å². The van der Waals surface area contributed by atoms with Gasteiger partial charge in [-0.25, -0.2) is 0 Å². The van der Waals surface area contributed by atoms with Crippen LogP contribution >= 0.6 is 0 Å². The van der Waals surface area contributed by atoms with Crippen LogP contribution < -0.4 is 0 Å². The zero-order valence-electron chi connectivity index (χ0n) is 9.85. The topological polar surface area (TPSA) is 72.2 Å². The van der Waals surface area contributed by atoms with Gasteiger partial charge in [-0.2, -0.15) is 5.10 Å². The Hall–Kier alpha value is -1.65. The Labute approximate surface area is 99.4 Å². The van der Waals surface area contributed by atoms with Gasteiger partial charge in [0.25, 0.3) is 0 Å². The molecule has 1 fully saturated rings. The minimum Gasteiger partial charge on any atom is -0.481 e. The zero-order valence-corrected chi connectivity index (χ0v) is 9.85. The first-order chi connectivity index (χ1) is 8.08. The lowest BCUT2D eigenvalue weighted by Crippen LogP contribution is -2.40. The standard InChI is InChI=1S/C12H16N2O3/c1-2-14-8-5-10(13-14)12(11(16)17)6-3-9(15)4-7-12/h5,8H,2-4,6-7H2,1H3,(H,16,17). The molecule has 5 heteroatoms. The number of hydrogen-bond donors (Lipinski definition) is 1. The van der Waals surface area contributed by atoms with Crippen molar-refractivity contribution >= 4 is 11.8 Å². The summed E-state index contributed by atoms with van der Waals surface area (Å²) < 4.78 is 1.72.